The average Bonchev–Trinajstić information content (AvgIpc) is 2.63. The van der Waals surface area contributed by atoms with Crippen LogP contribution in [-0.2, 0) is 13.0 Å². The Hall–Kier alpha value is -1.91. The van der Waals surface area contributed by atoms with Crippen molar-refractivity contribution in [2.45, 2.75) is 19.9 Å². The highest BCUT2D eigenvalue weighted by Gasteiger charge is 2.00. The summed E-state index contributed by atoms with van der Waals surface area (Å²) in [7, 11) is 0. The first-order valence-corrected chi connectivity index (χ1v) is 4.82. The fraction of sp³-hybridized carbons (Fsp3) is 0.300. The maximum Gasteiger partial charge on any atom is 0.165 e. The molecule has 0 saturated heterocycles. The number of aromatic nitrogens is 4. The van der Waals surface area contributed by atoms with E-state index >= 15 is 0 Å². The minimum atomic E-state index is 0.452. The second-order valence-electron chi connectivity index (χ2n) is 3.42. The number of pyridine rings is 1. The Morgan fingerprint density at radius 1 is 1.47 bits per heavy atom. The van der Waals surface area contributed by atoms with E-state index in [0.29, 0.717) is 5.82 Å². The molecule has 0 aliphatic heterocycles. The van der Waals surface area contributed by atoms with Gasteiger partial charge in [-0.2, -0.15) is 0 Å². The summed E-state index contributed by atoms with van der Waals surface area (Å²) in [5.41, 5.74) is 7.76. The third-order valence-electron chi connectivity index (χ3n) is 2.25. The summed E-state index contributed by atoms with van der Waals surface area (Å²) in [6.45, 7) is 2.81. The molecule has 0 unspecified atom stereocenters. The molecule has 2 heterocycles. The first-order valence-electron chi connectivity index (χ1n) is 4.82. The Labute approximate surface area is 87.9 Å². The highest BCUT2D eigenvalue weighted by atomic mass is 15.4. The molecule has 0 radical (unpaired) electrons. The molecule has 0 saturated carbocycles. The summed E-state index contributed by atoms with van der Waals surface area (Å²) in [5, 5.41) is 7.60. The Morgan fingerprint density at radius 2 is 2.33 bits per heavy atom. The molecule has 5 heteroatoms. The van der Waals surface area contributed by atoms with Crippen LogP contribution in [0.4, 0.5) is 5.82 Å². The van der Waals surface area contributed by atoms with Gasteiger partial charge in [0.2, 0.25) is 0 Å². The fourth-order valence-electron chi connectivity index (χ4n) is 1.42. The van der Waals surface area contributed by atoms with Crippen LogP contribution in [0.5, 0.6) is 0 Å². The number of nitrogens with two attached hydrogens (primary N) is 1. The van der Waals surface area contributed by atoms with Crippen molar-refractivity contribution < 1.29 is 0 Å². The van der Waals surface area contributed by atoms with Crippen molar-refractivity contribution in [2.75, 3.05) is 5.73 Å². The molecule has 0 atom stereocenters. The van der Waals surface area contributed by atoms with Crippen LogP contribution >= 0.6 is 0 Å². The molecule has 0 amide bonds. The van der Waals surface area contributed by atoms with E-state index < -0.39 is 0 Å². The summed E-state index contributed by atoms with van der Waals surface area (Å²) >= 11 is 0. The monoisotopic (exact) mass is 203 g/mol. The van der Waals surface area contributed by atoms with Gasteiger partial charge in [0.25, 0.3) is 0 Å². The van der Waals surface area contributed by atoms with E-state index in [1.807, 2.05) is 6.07 Å². The standard InChI is InChI=1S/C10H13N5/c1-8-3-2-5-12-9(8)4-6-15-7-10(11)13-14-15/h2-3,5,7H,4,6,11H2,1H3. The number of hydrogen-bond acceptors (Lipinski definition) is 4. The number of hydrogen-bond donors (Lipinski definition) is 1. The van der Waals surface area contributed by atoms with Crippen molar-refractivity contribution in [2.24, 2.45) is 0 Å². The smallest absolute Gasteiger partial charge is 0.165 e. The van der Waals surface area contributed by atoms with Crippen molar-refractivity contribution >= 4 is 5.82 Å². The fourth-order valence-corrected chi connectivity index (χ4v) is 1.42. The third-order valence-corrected chi connectivity index (χ3v) is 2.25. The zero-order valence-electron chi connectivity index (χ0n) is 8.59. The lowest BCUT2D eigenvalue weighted by molar-refractivity contribution is 0.583. The third kappa shape index (κ3) is 2.31. The molecule has 0 spiro atoms. The predicted octanol–water partition coefficient (Wildman–Crippen LogP) is 0.806. The summed E-state index contributed by atoms with van der Waals surface area (Å²) in [6.07, 6.45) is 4.37. The lowest BCUT2D eigenvalue weighted by Crippen LogP contribution is -2.04. The van der Waals surface area contributed by atoms with Crippen LogP contribution in [0.1, 0.15) is 11.3 Å². The van der Waals surface area contributed by atoms with Crippen LogP contribution in [0.25, 0.3) is 0 Å². The maximum atomic E-state index is 5.47. The minimum Gasteiger partial charge on any atom is -0.381 e. The molecule has 5 nitrogen and oxygen atoms in total. The van der Waals surface area contributed by atoms with Gasteiger partial charge in [-0.15, -0.1) is 5.10 Å². The Morgan fingerprint density at radius 3 is 3.00 bits per heavy atom. The van der Waals surface area contributed by atoms with E-state index in [2.05, 4.69) is 28.3 Å². The molecule has 0 aromatic carbocycles. The largest absolute Gasteiger partial charge is 0.381 e. The van der Waals surface area contributed by atoms with E-state index in [0.717, 1.165) is 18.7 Å². The van der Waals surface area contributed by atoms with Crippen molar-refractivity contribution in [3.05, 3.63) is 35.8 Å². The zero-order valence-corrected chi connectivity index (χ0v) is 8.59. The molecule has 0 aliphatic carbocycles. The van der Waals surface area contributed by atoms with Crippen molar-refractivity contribution in [1.82, 2.24) is 20.0 Å². The molecule has 15 heavy (non-hydrogen) atoms. The van der Waals surface area contributed by atoms with Crippen LogP contribution in [0.3, 0.4) is 0 Å². The normalized spacial score (nSPS) is 10.5. The maximum absolute atomic E-state index is 5.47. The Balaban J connectivity index is 2.02. The summed E-state index contributed by atoms with van der Waals surface area (Å²) in [5.74, 6) is 0.452. The van der Waals surface area contributed by atoms with E-state index in [9.17, 15) is 0 Å². The molecular formula is C10H13N5. The highest BCUT2D eigenvalue weighted by molar-refractivity contribution is 5.20. The molecule has 0 bridgehead atoms. The molecule has 0 fully saturated rings. The van der Waals surface area contributed by atoms with Crippen LogP contribution < -0.4 is 5.73 Å². The Bertz CT molecular complexity index is 449. The van der Waals surface area contributed by atoms with Gasteiger partial charge in [-0.1, -0.05) is 11.3 Å². The zero-order chi connectivity index (χ0) is 10.7. The molecule has 2 N–H and O–H groups in total. The summed E-state index contributed by atoms with van der Waals surface area (Å²) < 4.78 is 1.73. The van der Waals surface area contributed by atoms with Gasteiger partial charge in [0.05, 0.1) is 6.20 Å². The summed E-state index contributed by atoms with van der Waals surface area (Å²) in [6, 6.07) is 3.99. The first kappa shape index (κ1) is 9.64. The first-order chi connectivity index (χ1) is 7.25. The summed E-state index contributed by atoms with van der Waals surface area (Å²) in [4.78, 5) is 4.31. The molecule has 0 aliphatic rings. The van der Waals surface area contributed by atoms with Gasteiger partial charge in [0, 0.05) is 24.9 Å². The average molecular weight is 203 g/mol. The van der Waals surface area contributed by atoms with Crippen LogP contribution in [0, 0.1) is 6.92 Å². The van der Waals surface area contributed by atoms with Crippen molar-refractivity contribution in [3.63, 3.8) is 0 Å². The number of aryl methyl sites for hydroxylation is 3. The van der Waals surface area contributed by atoms with Crippen molar-refractivity contribution in [1.29, 1.82) is 0 Å². The van der Waals surface area contributed by atoms with E-state index in [4.69, 9.17) is 5.73 Å². The number of anilines is 1. The lowest BCUT2D eigenvalue weighted by Gasteiger charge is -2.03. The van der Waals surface area contributed by atoms with Gasteiger partial charge in [-0.3, -0.25) is 4.98 Å². The quantitative estimate of drug-likeness (QED) is 0.801. The lowest BCUT2D eigenvalue weighted by atomic mass is 10.2. The Kier molecular flexibility index (Phi) is 2.62. The molecule has 2 aromatic rings. The van der Waals surface area contributed by atoms with Crippen molar-refractivity contribution in [3.8, 4) is 0 Å². The van der Waals surface area contributed by atoms with E-state index in [1.165, 1.54) is 5.56 Å². The molecule has 78 valence electrons. The van der Waals surface area contributed by atoms with E-state index in [1.54, 1.807) is 17.1 Å². The van der Waals surface area contributed by atoms with Crippen LogP contribution in [0.2, 0.25) is 0 Å². The van der Waals surface area contributed by atoms with Crippen LogP contribution in [0.15, 0.2) is 24.5 Å². The highest BCUT2D eigenvalue weighted by Crippen LogP contribution is 2.05. The molecular weight excluding hydrogens is 190 g/mol. The second-order valence-corrected chi connectivity index (χ2v) is 3.42. The van der Waals surface area contributed by atoms with Gasteiger partial charge in [0.1, 0.15) is 0 Å². The number of nitrogen functional groups attached to an aromatic ring is 1. The van der Waals surface area contributed by atoms with Gasteiger partial charge in [0.15, 0.2) is 5.82 Å². The van der Waals surface area contributed by atoms with Gasteiger partial charge in [-0.05, 0) is 18.6 Å². The topological polar surface area (TPSA) is 69.6 Å². The molecule has 2 rings (SSSR count). The van der Waals surface area contributed by atoms with E-state index in [-0.39, 0.29) is 0 Å². The number of rotatable bonds is 3. The van der Waals surface area contributed by atoms with Gasteiger partial charge < -0.3 is 5.73 Å². The molecule has 2 aromatic heterocycles. The van der Waals surface area contributed by atoms with Gasteiger partial charge >= 0.3 is 0 Å². The second kappa shape index (κ2) is 4.08. The van der Waals surface area contributed by atoms with Crippen LogP contribution in [-0.4, -0.2) is 20.0 Å². The van der Waals surface area contributed by atoms with Gasteiger partial charge in [-0.25, -0.2) is 4.68 Å². The number of nitrogens with zero attached hydrogens (tertiary/aromatic N) is 4. The SMILES string of the molecule is Cc1cccnc1CCn1cc(N)nn1. The minimum absolute atomic E-state index is 0.452. The predicted molar refractivity (Wildman–Crippen MR) is 57.1 cm³/mol.